The molecule has 0 aliphatic heterocycles. The Balaban J connectivity index is 1.89. The van der Waals surface area contributed by atoms with Crippen LogP contribution in [0.4, 0.5) is 0 Å². The van der Waals surface area contributed by atoms with Crippen molar-refractivity contribution < 1.29 is 18.7 Å². The average Bonchev–Trinajstić information content (AvgIpc) is 2.99. The lowest BCUT2D eigenvalue weighted by Gasteiger charge is -2.01. The number of amides is 1. The first kappa shape index (κ1) is 16.5. The van der Waals surface area contributed by atoms with E-state index < -0.39 is 5.97 Å². The number of carbonyl (C=O) groups is 2. The third-order valence-corrected chi connectivity index (χ3v) is 4.00. The molecular weight excluding hydrogens is 374 g/mol. The van der Waals surface area contributed by atoms with Gasteiger partial charge in [0.2, 0.25) is 11.8 Å². The summed E-state index contributed by atoms with van der Waals surface area (Å²) in [7, 11) is 1.25. The molecule has 0 saturated heterocycles. The van der Waals surface area contributed by atoms with Crippen molar-refractivity contribution in [2.75, 3.05) is 19.4 Å². The standard InChI is InChI=1S/C13H12BrN3O4S/c1-20-11(19)6-15-10(18)7-22-13-17-16-12(21-13)8-4-2-3-5-9(8)14/h2-5H,6-7H2,1H3,(H,15,18). The molecule has 1 amide bonds. The number of nitrogens with zero attached hydrogens (tertiary/aromatic N) is 2. The van der Waals surface area contributed by atoms with Crippen LogP contribution in [-0.2, 0) is 14.3 Å². The van der Waals surface area contributed by atoms with E-state index in [0.717, 1.165) is 21.8 Å². The molecule has 0 bridgehead atoms. The molecule has 2 rings (SSSR count). The van der Waals surface area contributed by atoms with E-state index in [1.165, 1.54) is 7.11 Å². The summed E-state index contributed by atoms with van der Waals surface area (Å²) in [6.07, 6.45) is 0. The lowest BCUT2D eigenvalue weighted by atomic mass is 10.2. The number of hydrogen-bond donors (Lipinski definition) is 1. The molecule has 1 heterocycles. The van der Waals surface area contributed by atoms with Crippen LogP contribution in [0, 0.1) is 0 Å². The first-order valence-corrected chi connectivity index (χ1v) is 7.92. The Morgan fingerprint density at radius 1 is 1.36 bits per heavy atom. The van der Waals surface area contributed by atoms with Gasteiger partial charge in [-0.3, -0.25) is 9.59 Å². The summed E-state index contributed by atoms with van der Waals surface area (Å²) in [6, 6.07) is 7.45. The maximum atomic E-state index is 11.5. The van der Waals surface area contributed by atoms with Gasteiger partial charge in [-0.2, -0.15) is 0 Å². The molecule has 1 aromatic carbocycles. The molecule has 1 N–H and O–H groups in total. The van der Waals surface area contributed by atoms with Crippen LogP contribution >= 0.6 is 27.7 Å². The summed E-state index contributed by atoms with van der Waals surface area (Å²) in [6.45, 7) is -0.165. The van der Waals surface area contributed by atoms with E-state index >= 15 is 0 Å². The molecule has 0 aliphatic rings. The maximum Gasteiger partial charge on any atom is 0.325 e. The summed E-state index contributed by atoms with van der Waals surface area (Å²) >= 11 is 4.49. The van der Waals surface area contributed by atoms with Crippen LogP contribution in [0.25, 0.3) is 11.5 Å². The van der Waals surface area contributed by atoms with E-state index in [-0.39, 0.29) is 23.4 Å². The number of ether oxygens (including phenoxy) is 1. The number of aromatic nitrogens is 2. The first-order valence-electron chi connectivity index (χ1n) is 6.15. The van der Waals surface area contributed by atoms with Crippen LogP contribution in [0.3, 0.4) is 0 Å². The van der Waals surface area contributed by atoms with Crippen molar-refractivity contribution in [2.24, 2.45) is 0 Å². The van der Waals surface area contributed by atoms with Gasteiger partial charge in [-0.25, -0.2) is 0 Å². The Morgan fingerprint density at radius 2 is 2.14 bits per heavy atom. The number of esters is 1. The van der Waals surface area contributed by atoms with Crippen LogP contribution in [0.2, 0.25) is 0 Å². The van der Waals surface area contributed by atoms with Gasteiger partial charge in [0.05, 0.1) is 18.4 Å². The largest absolute Gasteiger partial charge is 0.468 e. The summed E-state index contributed by atoms with van der Waals surface area (Å²) in [5.41, 5.74) is 0.775. The number of nitrogens with one attached hydrogen (secondary N) is 1. The minimum Gasteiger partial charge on any atom is -0.468 e. The predicted octanol–water partition coefficient (Wildman–Crippen LogP) is 1.88. The molecule has 2 aromatic rings. The van der Waals surface area contributed by atoms with Crippen molar-refractivity contribution in [3.8, 4) is 11.5 Å². The first-order chi connectivity index (χ1) is 10.6. The highest BCUT2D eigenvalue weighted by molar-refractivity contribution is 9.10. The van der Waals surface area contributed by atoms with E-state index in [0.29, 0.717) is 5.89 Å². The Bertz CT molecular complexity index is 677. The number of carbonyl (C=O) groups excluding carboxylic acids is 2. The third-order valence-electron chi connectivity index (χ3n) is 2.50. The lowest BCUT2D eigenvalue weighted by molar-refractivity contribution is -0.140. The van der Waals surface area contributed by atoms with Crippen molar-refractivity contribution >= 4 is 39.6 Å². The summed E-state index contributed by atoms with van der Waals surface area (Å²) in [4.78, 5) is 22.4. The van der Waals surface area contributed by atoms with Crippen LogP contribution in [0.5, 0.6) is 0 Å². The fraction of sp³-hybridized carbons (Fsp3) is 0.231. The minimum atomic E-state index is -0.507. The minimum absolute atomic E-state index is 0.0641. The van der Waals surface area contributed by atoms with Crippen molar-refractivity contribution in [1.29, 1.82) is 0 Å². The second kappa shape index (κ2) is 7.95. The van der Waals surface area contributed by atoms with Gasteiger partial charge in [-0.05, 0) is 28.1 Å². The van der Waals surface area contributed by atoms with Crippen molar-refractivity contribution in [3.63, 3.8) is 0 Å². The van der Waals surface area contributed by atoms with E-state index in [9.17, 15) is 9.59 Å². The van der Waals surface area contributed by atoms with E-state index in [4.69, 9.17) is 4.42 Å². The van der Waals surface area contributed by atoms with E-state index in [2.05, 4.69) is 36.2 Å². The molecule has 0 fully saturated rings. The molecular formula is C13H12BrN3O4S. The summed E-state index contributed by atoms with van der Waals surface area (Å²) in [5.74, 6) is -0.400. The molecule has 0 atom stereocenters. The van der Waals surface area contributed by atoms with Crippen molar-refractivity contribution in [3.05, 3.63) is 28.7 Å². The number of benzene rings is 1. The van der Waals surface area contributed by atoms with Gasteiger partial charge in [0, 0.05) is 4.47 Å². The Morgan fingerprint density at radius 3 is 2.86 bits per heavy atom. The van der Waals surface area contributed by atoms with E-state index in [1.807, 2.05) is 24.3 Å². The number of halogens is 1. The highest BCUT2D eigenvalue weighted by Gasteiger charge is 2.13. The zero-order valence-corrected chi connectivity index (χ0v) is 13.9. The summed E-state index contributed by atoms with van der Waals surface area (Å²) < 4.78 is 10.7. The van der Waals surface area contributed by atoms with Crippen LogP contribution in [-0.4, -0.2) is 41.5 Å². The normalized spacial score (nSPS) is 10.3. The zero-order valence-electron chi connectivity index (χ0n) is 11.5. The second-order valence-electron chi connectivity index (χ2n) is 3.99. The molecule has 0 spiro atoms. The molecule has 116 valence electrons. The van der Waals surface area contributed by atoms with E-state index in [1.54, 1.807) is 0 Å². The molecule has 9 heteroatoms. The van der Waals surface area contributed by atoms with Crippen molar-refractivity contribution in [2.45, 2.75) is 5.22 Å². The molecule has 0 unspecified atom stereocenters. The van der Waals surface area contributed by atoms with Crippen LogP contribution < -0.4 is 5.32 Å². The Labute approximate surface area is 138 Å². The number of thioether (sulfide) groups is 1. The number of rotatable bonds is 6. The van der Waals surface area contributed by atoms with Gasteiger partial charge in [-0.1, -0.05) is 23.9 Å². The number of hydrogen-bond acceptors (Lipinski definition) is 7. The van der Waals surface area contributed by atoms with Crippen molar-refractivity contribution in [1.82, 2.24) is 15.5 Å². The van der Waals surface area contributed by atoms with Gasteiger partial charge in [-0.15, -0.1) is 10.2 Å². The molecule has 22 heavy (non-hydrogen) atoms. The SMILES string of the molecule is COC(=O)CNC(=O)CSc1nnc(-c2ccccc2Br)o1. The van der Waals surface area contributed by atoms with Crippen LogP contribution in [0.1, 0.15) is 0 Å². The van der Waals surface area contributed by atoms with Gasteiger partial charge in [0.1, 0.15) is 6.54 Å². The predicted molar refractivity (Wildman–Crippen MR) is 83.2 cm³/mol. The highest BCUT2D eigenvalue weighted by Crippen LogP contribution is 2.28. The quantitative estimate of drug-likeness (QED) is 0.598. The monoisotopic (exact) mass is 385 g/mol. The van der Waals surface area contributed by atoms with Gasteiger partial charge in [0.15, 0.2) is 0 Å². The molecule has 1 aromatic heterocycles. The van der Waals surface area contributed by atoms with Gasteiger partial charge in [0.25, 0.3) is 5.22 Å². The molecule has 0 aliphatic carbocycles. The smallest absolute Gasteiger partial charge is 0.325 e. The summed E-state index contributed by atoms with van der Waals surface area (Å²) in [5, 5.41) is 10.5. The molecule has 0 saturated carbocycles. The van der Waals surface area contributed by atoms with Crippen LogP contribution in [0.15, 0.2) is 38.4 Å². The van der Waals surface area contributed by atoms with Gasteiger partial charge >= 0.3 is 5.97 Å². The zero-order chi connectivity index (χ0) is 15.9. The molecule has 7 nitrogen and oxygen atoms in total. The Hall–Kier alpha value is -1.87. The molecule has 0 radical (unpaired) electrons. The third kappa shape index (κ3) is 4.57. The fourth-order valence-corrected chi connectivity index (χ4v) is 2.48. The fourth-order valence-electron chi connectivity index (χ4n) is 1.43. The highest BCUT2D eigenvalue weighted by atomic mass is 79.9. The second-order valence-corrected chi connectivity index (χ2v) is 5.78. The van der Waals surface area contributed by atoms with Gasteiger partial charge < -0.3 is 14.5 Å². The maximum absolute atomic E-state index is 11.5. The Kier molecular flexibility index (Phi) is 5.96. The number of methoxy groups -OCH3 is 1. The average molecular weight is 386 g/mol. The lowest BCUT2D eigenvalue weighted by Crippen LogP contribution is -2.31. The topological polar surface area (TPSA) is 94.3 Å².